The van der Waals surface area contributed by atoms with Crippen LogP contribution in [-0.2, 0) is 21.4 Å². The number of imide groups is 1. The molecule has 0 spiro atoms. The van der Waals surface area contributed by atoms with E-state index in [2.05, 4.69) is 43.7 Å². The van der Waals surface area contributed by atoms with Crippen LogP contribution in [0, 0.1) is 5.92 Å². The van der Waals surface area contributed by atoms with Gasteiger partial charge >= 0.3 is 6.09 Å². The molecule has 0 radical (unpaired) electrons. The number of aromatic nitrogens is 2. The van der Waals surface area contributed by atoms with Crippen LogP contribution in [0.1, 0.15) is 70.9 Å². The van der Waals surface area contributed by atoms with Gasteiger partial charge in [0.25, 0.3) is 0 Å². The fraction of sp³-hybridized carbons (Fsp3) is 0.655. The van der Waals surface area contributed by atoms with Crippen LogP contribution in [0.2, 0.25) is 0 Å². The molecule has 3 heterocycles. The molecule has 2 aromatic rings. The lowest BCUT2D eigenvalue weighted by molar-refractivity contribution is -0.134. The van der Waals surface area contributed by atoms with Gasteiger partial charge in [0.1, 0.15) is 5.60 Å². The summed E-state index contributed by atoms with van der Waals surface area (Å²) in [4.78, 5) is 41.1. The Hall–Kier alpha value is -3.14. The van der Waals surface area contributed by atoms with Crippen molar-refractivity contribution in [3.63, 3.8) is 0 Å². The molecule has 1 unspecified atom stereocenters. The number of benzene rings is 1. The summed E-state index contributed by atoms with van der Waals surface area (Å²) >= 11 is 0. The quantitative estimate of drug-likeness (QED) is 0.563. The average molecular weight is 539 g/mol. The third-order valence-electron chi connectivity index (χ3n) is 8.25. The number of carbonyl (C=O) groups excluding carboxylic acids is 3. The highest BCUT2D eigenvalue weighted by atomic mass is 16.6. The highest BCUT2D eigenvalue weighted by Gasteiger charge is 2.32. The van der Waals surface area contributed by atoms with Gasteiger partial charge in [0.15, 0.2) is 0 Å². The van der Waals surface area contributed by atoms with Gasteiger partial charge in [-0.3, -0.25) is 24.5 Å². The minimum atomic E-state index is -0.467. The highest BCUT2D eigenvalue weighted by Crippen LogP contribution is 2.33. The zero-order valence-corrected chi connectivity index (χ0v) is 23.7. The number of fused-ring (bicyclic) bond motifs is 1. The summed E-state index contributed by atoms with van der Waals surface area (Å²) in [5, 5.41) is 11.2. The zero-order chi connectivity index (χ0) is 27.7. The minimum absolute atomic E-state index is 0.208. The molecule has 10 nitrogen and oxygen atoms in total. The number of piperidine rings is 1. The maximum Gasteiger partial charge on any atom is 0.407 e. The van der Waals surface area contributed by atoms with Gasteiger partial charge < -0.3 is 15.0 Å². The average Bonchev–Trinajstić information content (AvgIpc) is 3.20. The second-order valence-corrected chi connectivity index (χ2v) is 12.4. The van der Waals surface area contributed by atoms with Gasteiger partial charge in [0.05, 0.1) is 17.1 Å². The first-order valence-corrected chi connectivity index (χ1v) is 14.3. The van der Waals surface area contributed by atoms with Crippen LogP contribution in [0.5, 0.6) is 0 Å². The molecule has 212 valence electrons. The maximum absolute atomic E-state index is 12.4. The molecule has 1 saturated carbocycles. The Bertz CT molecular complexity index is 1220. The van der Waals surface area contributed by atoms with Crippen molar-refractivity contribution in [3.8, 4) is 0 Å². The van der Waals surface area contributed by atoms with Gasteiger partial charge in [-0.05, 0) is 77.0 Å². The molecular weight excluding hydrogens is 496 g/mol. The van der Waals surface area contributed by atoms with Gasteiger partial charge in [-0.25, -0.2) is 4.79 Å². The van der Waals surface area contributed by atoms with Crippen molar-refractivity contribution in [2.45, 2.75) is 76.9 Å². The Kier molecular flexibility index (Phi) is 7.84. The van der Waals surface area contributed by atoms with Gasteiger partial charge in [-0.2, -0.15) is 5.10 Å². The number of nitrogens with zero attached hydrogens (tertiary/aromatic N) is 4. The van der Waals surface area contributed by atoms with Gasteiger partial charge in [0, 0.05) is 63.3 Å². The molecule has 2 aliphatic heterocycles. The number of carbonyl (C=O) groups is 3. The van der Waals surface area contributed by atoms with Crippen molar-refractivity contribution in [1.29, 1.82) is 0 Å². The molecule has 2 saturated heterocycles. The van der Waals surface area contributed by atoms with Crippen molar-refractivity contribution >= 4 is 34.5 Å². The van der Waals surface area contributed by atoms with E-state index >= 15 is 0 Å². The van der Waals surface area contributed by atoms with E-state index < -0.39 is 5.60 Å². The molecule has 5 rings (SSSR count). The van der Waals surface area contributed by atoms with Gasteiger partial charge in [0.2, 0.25) is 11.8 Å². The Balaban J connectivity index is 1.12. The first-order valence-electron chi connectivity index (χ1n) is 14.3. The molecule has 1 aromatic heterocycles. The minimum Gasteiger partial charge on any atom is -0.444 e. The SMILES string of the molecule is Cn1nc(C2CCC(=O)NC2=O)c2ccc(N3CCN(C[C@H]4CC[C@H](NC(=O)OC(C)(C)C)CC4)CC3)cc21. The van der Waals surface area contributed by atoms with E-state index in [1.54, 1.807) is 0 Å². The molecule has 10 heteroatoms. The summed E-state index contributed by atoms with van der Waals surface area (Å²) < 4.78 is 7.26. The summed E-state index contributed by atoms with van der Waals surface area (Å²) in [7, 11) is 1.91. The van der Waals surface area contributed by atoms with Crippen molar-refractivity contribution in [2.24, 2.45) is 13.0 Å². The van der Waals surface area contributed by atoms with Crippen molar-refractivity contribution in [2.75, 3.05) is 37.6 Å². The lowest BCUT2D eigenvalue weighted by Gasteiger charge is -2.39. The van der Waals surface area contributed by atoms with Crippen molar-refractivity contribution < 1.29 is 19.1 Å². The molecule has 3 amide bonds. The van der Waals surface area contributed by atoms with E-state index in [-0.39, 0.29) is 29.9 Å². The number of aryl methyl sites for hydroxylation is 1. The van der Waals surface area contributed by atoms with Crippen molar-refractivity contribution in [1.82, 2.24) is 25.3 Å². The lowest BCUT2D eigenvalue weighted by Crippen LogP contribution is -2.48. The molecule has 3 fully saturated rings. The number of alkyl carbamates (subject to hydrolysis) is 1. The summed E-state index contributed by atoms with van der Waals surface area (Å²) in [6.07, 6.45) is 4.83. The van der Waals surface area contributed by atoms with Crippen LogP contribution < -0.4 is 15.5 Å². The molecule has 3 aliphatic rings. The summed E-state index contributed by atoms with van der Waals surface area (Å²) in [5.41, 5.74) is 2.47. The Labute approximate surface area is 230 Å². The normalized spacial score (nSPS) is 25.0. The van der Waals surface area contributed by atoms with Crippen LogP contribution in [0.4, 0.5) is 10.5 Å². The monoisotopic (exact) mass is 538 g/mol. The molecule has 2 N–H and O–H groups in total. The molecule has 0 bridgehead atoms. The third kappa shape index (κ3) is 6.54. The standard InChI is InChI=1S/C29H42N6O4/c1-29(2,3)39-28(38)30-20-7-5-19(6-8-20)18-34-13-15-35(16-14-34)21-9-10-22-24(17-21)33(4)32-26(22)23-11-12-25(36)31-27(23)37/h9-10,17,19-20,23H,5-8,11-16,18H2,1-4H3,(H,30,38)(H,31,36,37)/t19-,20-,23?. The smallest absolute Gasteiger partial charge is 0.407 e. The Morgan fingerprint density at radius 1 is 1.08 bits per heavy atom. The Morgan fingerprint density at radius 2 is 1.79 bits per heavy atom. The molecule has 1 aliphatic carbocycles. The maximum atomic E-state index is 12.4. The fourth-order valence-corrected chi connectivity index (χ4v) is 6.20. The topological polar surface area (TPSA) is 109 Å². The Morgan fingerprint density at radius 3 is 2.46 bits per heavy atom. The first kappa shape index (κ1) is 27.4. The predicted molar refractivity (Wildman–Crippen MR) is 150 cm³/mol. The number of hydrogen-bond acceptors (Lipinski definition) is 7. The number of hydrogen-bond donors (Lipinski definition) is 2. The van der Waals surface area contributed by atoms with E-state index in [4.69, 9.17) is 4.74 Å². The second kappa shape index (κ2) is 11.2. The number of anilines is 1. The fourth-order valence-electron chi connectivity index (χ4n) is 6.20. The largest absolute Gasteiger partial charge is 0.444 e. The van der Waals surface area contributed by atoms with E-state index in [0.29, 0.717) is 18.8 Å². The van der Waals surface area contributed by atoms with Gasteiger partial charge in [-0.15, -0.1) is 0 Å². The highest BCUT2D eigenvalue weighted by molar-refractivity contribution is 6.02. The molecule has 1 atom stereocenters. The second-order valence-electron chi connectivity index (χ2n) is 12.4. The lowest BCUT2D eigenvalue weighted by atomic mass is 9.85. The van der Waals surface area contributed by atoms with Crippen LogP contribution in [0.15, 0.2) is 18.2 Å². The number of amides is 3. The number of nitrogens with one attached hydrogen (secondary N) is 2. The predicted octanol–water partition coefficient (Wildman–Crippen LogP) is 3.30. The van der Waals surface area contributed by atoms with Crippen molar-refractivity contribution in [3.05, 3.63) is 23.9 Å². The summed E-state index contributed by atoms with van der Waals surface area (Å²) in [5.74, 6) is -0.172. The molecule has 1 aromatic carbocycles. The van der Waals surface area contributed by atoms with E-state index in [1.165, 1.54) is 5.69 Å². The molecule has 39 heavy (non-hydrogen) atoms. The van der Waals surface area contributed by atoms with Gasteiger partial charge in [-0.1, -0.05) is 0 Å². The number of rotatable bonds is 5. The summed E-state index contributed by atoms with van der Waals surface area (Å²) in [6, 6.07) is 6.60. The van der Waals surface area contributed by atoms with Crippen LogP contribution >= 0.6 is 0 Å². The number of piperazine rings is 1. The van der Waals surface area contributed by atoms with E-state index in [9.17, 15) is 14.4 Å². The summed E-state index contributed by atoms with van der Waals surface area (Å²) in [6.45, 7) is 10.8. The van der Waals surface area contributed by atoms with Crippen LogP contribution in [0.3, 0.4) is 0 Å². The molecular formula is C29H42N6O4. The zero-order valence-electron chi connectivity index (χ0n) is 23.7. The third-order valence-corrected chi connectivity index (χ3v) is 8.25. The first-order chi connectivity index (χ1) is 18.6. The number of ether oxygens (including phenoxy) is 1. The van der Waals surface area contributed by atoms with E-state index in [1.807, 2.05) is 32.5 Å². The van der Waals surface area contributed by atoms with Crippen LogP contribution in [0.25, 0.3) is 10.9 Å². The van der Waals surface area contributed by atoms with Crippen LogP contribution in [-0.4, -0.2) is 77.0 Å². The van der Waals surface area contributed by atoms with E-state index in [0.717, 1.165) is 75.0 Å².